The van der Waals surface area contributed by atoms with E-state index in [4.69, 9.17) is 11.6 Å². The van der Waals surface area contributed by atoms with E-state index in [0.29, 0.717) is 30.3 Å². The van der Waals surface area contributed by atoms with Gasteiger partial charge in [-0.3, -0.25) is 9.59 Å². The number of hydrogen-bond donors (Lipinski definition) is 1. The van der Waals surface area contributed by atoms with Crippen LogP contribution in [-0.4, -0.2) is 35.1 Å². The molecule has 0 aromatic heterocycles. The summed E-state index contributed by atoms with van der Waals surface area (Å²) in [5, 5.41) is 3.59. The number of hydrogen-bond acceptors (Lipinski definition) is 3. The molecule has 2 aromatic rings. The van der Waals surface area contributed by atoms with Crippen LogP contribution in [0.2, 0.25) is 5.02 Å². The van der Waals surface area contributed by atoms with Gasteiger partial charge in [-0.25, -0.2) is 0 Å². The van der Waals surface area contributed by atoms with E-state index in [0.717, 1.165) is 17.7 Å². The summed E-state index contributed by atoms with van der Waals surface area (Å²) in [6.07, 6.45) is 1.43. The predicted molar refractivity (Wildman–Crippen MR) is 127 cm³/mol. The Morgan fingerprint density at radius 2 is 1.67 bits per heavy atom. The van der Waals surface area contributed by atoms with Crippen molar-refractivity contribution in [1.82, 2.24) is 10.2 Å². The van der Waals surface area contributed by atoms with Gasteiger partial charge in [-0.05, 0) is 43.0 Å². The first-order chi connectivity index (χ1) is 14.4. The predicted octanol–water partition coefficient (Wildman–Crippen LogP) is 5.22. The molecule has 0 spiro atoms. The number of aryl methyl sites for hydroxylation is 1. The Balaban J connectivity index is 2.09. The van der Waals surface area contributed by atoms with Crippen LogP contribution < -0.4 is 5.32 Å². The zero-order valence-corrected chi connectivity index (χ0v) is 19.6. The van der Waals surface area contributed by atoms with Gasteiger partial charge < -0.3 is 10.2 Å². The minimum atomic E-state index is -0.486. The molecule has 0 fully saturated rings. The quantitative estimate of drug-likeness (QED) is 0.515. The first kappa shape index (κ1) is 24.3. The molecule has 6 heteroatoms. The highest BCUT2D eigenvalue weighted by Crippen LogP contribution is 2.18. The Morgan fingerprint density at radius 1 is 1.03 bits per heavy atom. The third-order valence-electron chi connectivity index (χ3n) is 4.82. The summed E-state index contributed by atoms with van der Waals surface area (Å²) in [7, 11) is 0. The Morgan fingerprint density at radius 3 is 2.27 bits per heavy atom. The van der Waals surface area contributed by atoms with Gasteiger partial charge in [-0.2, -0.15) is 0 Å². The minimum Gasteiger partial charge on any atom is -0.354 e. The fourth-order valence-electron chi connectivity index (χ4n) is 3.10. The van der Waals surface area contributed by atoms with Crippen molar-refractivity contribution in [3.63, 3.8) is 0 Å². The largest absolute Gasteiger partial charge is 0.354 e. The summed E-state index contributed by atoms with van der Waals surface area (Å²) in [5.74, 6) is 0.976. The van der Waals surface area contributed by atoms with Crippen molar-refractivity contribution >= 4 is 35.2 Å². The normalized spacial score (nSPS) is 11.7. The molecule has 1 atom stereocenters. The Bertz CT molecular complexity index is 809. The summed E-state index contributed by atoms with van der Waals surface area (Å²) in [4.78, 5) is 27.6. The molecule has 0 aliphatic carbocycles. The summed E-state index contributed by atoms with van der Waals surface area (Å²) < 4.78 is 0. The number of thioether (sulfide) groups is 1. The lowest BCUT2D eigenvalue weighted by Crippen LogP contribution is -2.49. The lowest BCUT2D eigenvalue weighted by atomic mass is 10.1. The smallest absolute Gasteiger partial charge is 0.242 e. The maximum atomic E-state index is 13.1. The fraction of sp³-hybridized carbons (Fsp3) is 0.417. The van der Waals surface area contributed by atoms with Crippen molar-refractivity contribution < 1.29 is 9.59 Å². The molecule has 0 aliphatic heterocycles. The molecule has 0 radical (unpaired) electrons. The van der Waals surface area contributed by atoms with Gasteiger partial charge in [0.25, 0.3) is 0 Å². The number of carbonyl (C=O) groups is 2. The number of halogens is 1. The van der Waals surface area contributed by atoms with E-state index < -0.39 is 6.04 Å². The number of rotatable bonds is 11. The fourth-order valence-corrected chi connectivity index (χ4v) is 4.09. The second-order valence-electron chi connectivity index (χ2n) is 7.34. The summed E-state index contributed by atoms with van der Waals surface area (Å²) in [6, 6.07) is 15.3. The van der Waals surface area contributed by atoms with Gasteiger partial charge in [0.05, 0.1) is 5.75 Å². The standard InChI is InChI=1S/C24H31ClN2O2S/c1-4-14-26-24(29)22(5-2)27(15-19-10-12-21(25)13-11-19)23(28)17-30-16-20-8-6-18(3)7-9-20/h6-13,22H,4-5,14-17H2,1-3H3,(H,26,29)/t22-/m0/s1. The molecule has 2 aromatic carbocycles. The number of amides is 2. The SMILES string of the molecule is CCCNC(=O)[C@H](CC)N(Cc1ccc(Cl)cc1)C(=O)CSCc1ccc(C)cc1. The second kappa shape index (κ2) is 12.7. The molecule has 4 nitrogen and oxygen atoms in total. The zero-order valence-electron chi connectivity index (χ0n) is 18.0. The van der Waals surface area contributed by atoms with E-state index in [-0.39, 0.29) is 11.8 Å². The number of nitrogens with zero attached hydrogens (tertiary/aromatic N) is 1. The van der Waals surface area contributed by atoms with E-state index in [1.54, 1.807) is 16.7 Å². The lowest BCUT2D eigenvalue weighted by molar-refractivity contribution is -0.139. The van der Waals surface area contributed by atoms with Crippen LogP contribution in [0.25, 0.3) is 0 Å². The topological polar surface area (TPSA) is 49.4 Å². The van der Waals surface area contributed by atoms with E-state index in [2.05, 4.69) is 36.5 Å². The van der Waals surface area contributed by atoms with Gasteiger partial charge in [0, 0.05) is 23.9 Å². The van der Waals surface area contributed by atoms with E-state index in [1.165, 1.54) is 11.1 Å². The van der Waals surface area contributed by atoms with Crippen LogP contribution in [0, 0.1) is 6.92 Å². The average Bonchev–Trinajstić information content (AvgIpc) is 2.74. The second-order valence-corrected chi connectivity index (χ2v) is 8.76. The molecular weight excluding hydrogens is 416 g/mol. The molecule has 0 saturated carbocycles. The summed E-state index contributed by atoms with van der Waals surface area (Å²) in [6.45, 7) is 7.01. The summed E-state index contributed by atoms with van der Waals surface area (Å²) in [5.41, 5.74) is 3.37. The van der Waals surface area contributed by atoms with E-state index >= 15 is 0 Å². The van der Waals surface area contributed by atoms with Crippen molar-refractivity contribution in [3.8, 4) is 0 Å². The highest BCUT2D eigenvalue weighted by atomic mass is 35.5. The zero-order chi connectivity index (χ0) is 21.9. The molecule has 0 unspecified atom stereocenters. The first-order valence-corrected chi connectivity index (χ1v) is 11.9. The monoisotopic (exact) mass is 446 g/mol. The lowest BCUT2D eigenvalue weighted by Gasteiger charge is -2.30. The molecule has 0 saturated heterocycles. The van der Waals surface area contributed by atoms with Crippen molar-refractivity contribution in [2.45, 2.75) is 52.0 Å². The number of benzene rings is 2. The molecule has 0 bridgehead atoms. The molecule has 2 rings (SSSR count). The minimum absolute atomic E-state index is 0.0273. The highest BCUT2D eigenvalue weighted by Gasteiger charge is 2.28. The molecule has 162 valence electrons. The van der Waals surface area contributed by atoms with Crippen LogP contribution in [0.3, 0.4) is 0 Å². The Hall–Kier alpha value is -1.98. The van der Waals surface area contributed by atoms with Crippen LogP contribution in [0.5, 0.6) is 0 Å². The van der Waals surface area contributed by atoms with Crippen molar-refractivity contribution in [2.75, 3.05) is 12.3 Å². The van der Waals surface area contributed by atoms with Crippen LogP contribution in [-0.2, 0) is 21.9 Å². The van der Waals surface area contributed by atoms with Crippen molar-refractivity contribution in [3.05, 3.63) is 70.2 Å². The maximum absolute atomic E-state index is 13.1. The van der Waals surface area contributed by atoms with Gasteiger partial charge >= 0.3 is 0 Å². The third-order valence-corrected chi connectivity index (χ3v) is 6.06. The van der Waals surface area contributed by atoms with Gasteiger partial charge in [-0.15, -0.1) is 11.8 Å². The molecule has 0 heterocycles. The molecule has 30 heavy (non-hydrogen) atoms. The van der Waals surface area contributed by atoms with Gasteiger partial charge in [-0.1, -0.05) is 67.4 Å². The first-order valence-electron chi connectivity index (χ1n) is 10.4. The maximum Gasteiger partial charge on any atom is 0.242 e. The number of nitrogens with one attached hydrogen (secondary N) is 1. The summed E-state index contributed by atoms with van der Waals surface area (Å²) >= 11 is 7.57. The average molecular weight is 447 g/mol. The third kappa shape index (κ3) is 7.69. The molecule has 2 amide bonds. The number of carbonyl (C=O) groups excluding carboxylic acids is 2. The van der Waals surface area contributed by atoms with Gasteiger partial charge in [0.15, 0.2) is 0 Å². The van der Waals surface area contributed by atoms with Crippen LogP contribution in [0.1, 0.15) is 43.4 Å². The Kier molecular flexibility index (Phi) is 10.2. The molecule has 1 N–H and O–H groups in total. The van der Waals surface area contributed by atoms with Crippen LogP contribution in [0.4, 0.5) is 0 Å². The van der Waals surface area contributed by atoms with Crippen LogP contribution >= 0.6 is 23.4 Å². The molecule has 0 aliphatic rings. The molecular formula is C24H31ClN2O2S. The van der Waals surface area contributed by atoms with E-state index in [9.17, 15) is 9.59 Å². The van der Waals surface area contributed by atoms with E-state index in [1.807, 2.05) is 38.1 Å². The van der Waals surface area contributed by atoms with Gasteiger partial charge in [0.2, 0.25) is 11.8 Å². The van der Waals surface area contributed by atoms with Crippen molar-refractivity contribution in [1.29, 1.82) is 0 Å². The van der Waals surface area contributed by atoms with Crippen molar-refractivity contribution in [2.24, 2.45) is 0 Å². The van der Waals surface area contributed by atoms with Gasteiger partial charge in [0.1, 0.15) is 6.04 Å². The Labute approximate surface area is 189 Å². The highest BCUT2D eigenvalue weighted by molar-refractivity contribution is 7.99. The van der Waals surface area contributed by atoms with Crippen LogP contribution in [0.15, 0.2) is 48.5 Å².